The second kappa shape index (κ2) is 3.43. The van der Waals surface area contributed by atoms with Gasteiger partial charge >= 0.3 is 5.97 Å². The van der Waals surface area contributed by atoms with Crippen molar-refractivity contribution in [2.45, 2.75) is 19.8 Å². The van der Waals surface area contributed by atoms with Gasteiger partial charge in [-0.3, -0.25) is 4.79 Å². The number of furan rings is 1. The summed E-state index contributed by atoms with van der Waals surface area (Å²) in [5, 5.41) is 0. The van der Waals surface area contributed by atoms with E-state index in [2.05, 4.69) is 4.74 Å². The van der Waals surface area contributed by atoms with Crippen LogP contribution < -0.4 is 0 Å². The van der Waals surface area contributed by atoms with Crippen LogP contribution in [0.15, 0.2) is 16.9 Å². The molecule has 3 heteroatoms. The summed E-state index contributed by atoms with van der Waals surface area (Å²) in [6, 6.07) is 0. The highest BCUT2D eigenvalue weighted by atomic mass is 16.5. The first-order valence-corrected chi connectivity index (χ1v) is 3.77. The smallest absolute Gasteiger partial charge is 0.312 e. The van der Waals surface area contributed by atoms with Crippen molar-refractivity contribution < 1.29 is 13.9 Å². The molecule has 1 rings (SSSR count). The predicted molar refractivity (Wildman–Crippen MR) is 43.9 cm³/mol. The van der Waals surface area contributed by atoms with Gasteiger partial charge in [-0.05, 0) is 19.4 Å². The minimum absolute atomic E-state index is 0.237. The van der Waals surface area contributed by atoms with Gasteiger partial charge in [0.1, 0.15) is 0 Å². The van der Waals surface area contributed by atoms with Crippen LogP contribution in [0.2, 0.25) is 0 Å². The molecule has 0 fully saturated rings. The van der Waals surface area contributed by atoms with Crippen molar-refractivity contribution >= 4 is 5.97 Å². The molecule has 1 unspecified atom stereocenters. The Labute approximate surface area is 71.3 Å². The summed E-state index contributed by atoms with van der Waals surface area (Å²) in [4.78, 5) is 11.1. The second-order valence-corrected chi connectivity index (χ2v) is 2.75. The van der Waals surface area contributed by atoms with E-state index in [1.54, 1.807) is 19.5 Å². The van der Waals surface area contributed by atoms with E-state index in [-0.39, 0.29) is 11.9 Å². The highest BCUT2D eigenvalue weighted by molar-refractivity contribution is 5.77. The van der Waals surface area contributed by atoms with E-state index in [4.69, 9.17) is 4.42 Å². The fraction of sp³-hybridized carbons (Fsp3) is 0.444. The molecule has 1 aromatic rings. The summed E-state index contributed by atoms with van der Waals surface area (Å²) in [6.07, 6.45) is 3.20. The van der Waals surface area contributed by atoms with Crippen molar-refractivity contribution in [3.63, 3.8) is 0 Å². The lowest BCUT2D eigenvalue weighted by Crippen LogP contribution is -2.10. The highest BCUT2D eigenvalue weighted by Gasteiger charge is 2.18. The molecule has 1 aromatic heterocycles. The zero-order valence-electron chi connectivity index (χ0n) is 7.46. The van der Waals surface area contributed by atoms with Gasteiger partial charge < -0.3 is 9.15 Å². The Bertz CT molecular complexity index is 275. The molecular formula is C9H12O3. The fourth-order valence-electron chi connectivity index (χ4n) is 1.12. The second-order valence-electron chi connectivity index (χ2n) is 2.75. The van der Waals surface area contributed by atoms with Gasteiger partial charge in [0.25, 0.3) is 0 Å². The van der Waals surface area contributed by atoms with Crippen molar-refractivity contribution in [3.8, 4) is 0 Å². The molecule has 0 bridgehead atoms. The van der Waals surface area contributed by atoms with Gasteiger partial charge in [0, 0.05) is 5.56 Å². The van der Waals surface area contributed by atoms with E-state index in [0.717, 1.165) is 11.1 Å². The average Bonchev–Trinajstić information content (AvgIpc) is 2.48. The summed E-state index contributed by atoms with van der Waals surface area (Å²) in [5.74, 6) is -0.478. The lowest BCUT2D eigenvalue weighted by atomic mass is 10.0. The van der Waals surface area contributed by atoms with Crippen LogP contribution in [0.4, 0.5) is 0 Å². The maximum absolute atomic E-state index is 11.1. The summed E-state index contributed by atoms with van der Waals surface area (Å²) in [6.45, 7) is 3.70. The molecule has 12 heavy (non-hydrogen) atoms. The lowest BCUT2D eigenvalue weighted by Gasteiger charge is -2.06. The van der Waals surface area contributed by atoms with Crippen LogP contribution in [0.25, 0.3) is 0 Å². The summed E-state index contributed by atoms with van der Waals surface area (Å²) < 4.78 is 9.56. The third-order valence-corrected chi connectivity index (χ3v) is 1.92. The van der Waals surface area contributed by atoms with E-state index in [9.17, 15) is 4.79 Å². The molecule has 1 atom stereocenters. The molecule has 0 saturated carbocycles. The Morgan fingerprint density at radius 2 is 2.25 bits per heavy atom. The first kappa shape index (κ1) is 8.84. The number of carbonyl (C=O) groups is 1. The van der Waals surface area contributed by atoms with Crippen LogP contribution in [-0.4, -0.2) is 13.1 Å². The van der Waals surface area contributed by atoms with Crippen molar-refractivity contribution in [2.24, 2.45) is 0 Å². The van der Waals surface area contributed by atoms with E-state index in [1.165, 1.54) is 7.11 Å². The molecule has 0 aliphatic heterocycles. The van der Waals surface area contributed by atoms with Gasteiger partial charge in [0.2, 0.25) is 0 Å². The first-order valence-electron chi connectivity index (χ1n) is 3.77. The van der Waals surface area contributed by atoms with E-state index >= 15 is 0 Å². The van der Waals surface area contributed by atoms with Crippen molar-refractivity contribution in [1.82, 2.24) is 0 Å². The van der Waals surface area contributed by atoms with Gasteiger partial charge in [0.05, 0.1) is 25.6 Å². The molecular weight excluding hydrogens is 156 g/mol. The van der Waals surface area contributed by atoms with Gasteiger partial charge in [0.15, 0.2) is 0 Å². The van der Waals surface area contributed by atoms with Crippen LogP contribution in [0, 0.1) is 6.92 Å². The lowest BCUT2D eigenvalue weighted by molar-refractivity contribution is -0.142. The van der Waals surface area contributed by atoms with Crippen LogP contribution >= 0.6 is 0 Å². The van der Waals surface area contributed by atoms with Crippen molar-refractivity contribution in [2.75, 3.05) is 7.11 Å². The third-order valence-electron chi connectivity index (χ3n) is 1.92. The number of carbonyl (C=O) groups excluding carboxylic acids is 1. The SMILES string of the molecule is COC(=O)C(C)c1cocc1C. The number of ether oxygens (including phenoxy) is 1. The monoisotopic (exact) mass is 168 g/mol. The molecule has 0 spiro atoms. The Morgan fingerprint density at radius 3 is 2.67 bits per heavy atom. The van der Waals surface area contributed by atoms with Crippen molar-refractivity contribution in [1.29, 1.82) is 0 Å². The summed E-state index contributed by atoms with van der Waals surface area (Å²) in [7, 11) is 1.38. The number of aryl methyl sites for hydroxylation is 1. The van der Waals surface area contributed by atoms with E-state index in [1.807, 2.05) is 6.92 Å². The summed E-state index contributed by atoms with van der Waals surface area (Å²) >= 11 is 0. The van der Waals surface area contributed by atoms with E-state index < -0.39 is 0 Å². The highest BCUT2D eigenvalue weighted by Crippen LogP contribution is 2.21. The van der Waals surface area contributed by atoms with Gasteiger partial charge in [-0.2, -0.15) is 0 Å². The van der Waals surface area contributed by atoms with Crippen LogP contribution in [-0.2, 0) is 9.53 Å². The Balaban J connectivity index is 2.84. The largest absolute Gasteiger partial charge is 0.472 e. The first-order chi connectivity index (χ1) is 5.66. The van der Waals surface area contributed by atoms with E-state index in [0.29, 0.717) is 0 Å². The number of hydrogen-bond acceptors (Lipinski definition) is 3. The number of rotatable bonds is 2. The number of esters is 1. The minimum atomic E-state index is -0.242. The normalized spacial score (nSPS) is 12.6. The topological polar surface area (TPSA) is 39.4 Å². The van der Waals surface area contributed by atoms with Gasteiger partial charge in [-0.25, -0.2) is 0 Å². The van der Waals surface area contributed by atoms with Crippen molar-refractivity contribution in [3.05, 3.63) is 23.7 Å². The molecule has 3 nitrogen and oxygen atoms in total. The Hall–Kier alpha value is -1.25. The van der Waals surface area contributed by atoms with Crippen LogP contribution in [0.1, 0.15) is 24.0 Å². The van der Waals surface area contributed by atoms with Crippen LogP contribution in [0.3, 0.4) is 0 Å². The zero-order valence-corrected chi connectivity index (χ0v) is 7.46. The maximum Gasteiger partial charge on any atom is 0.312 e. The molecule has 0 aliphatic carbocycles. The molecule has 1 heterocycles. The summed E-state index contributed by atoms with van der Waals surface area (Å²) in [5.41, 5.74) is 1.87. The molecule has 0 amide bonds. The average molecular weight is 168 g/mol. The third kappa shape index (κ3) is 1.49. The fourth-order valence-corrected chi connectivity index (χ4v) is 1.12. The molecule has 0 saturated heterocycles. The van der Waals surface area contributed by atoms with Gasteiger partial charge in [-0.15, -0.1) is 0 Å². The molecule has 66 valence electrons. The molecule has 0 radical (unpaired) electrons. The number of hydrogen-bond donors (Lipinski definition) is 0. The molecule has 0 aliphatic rings. The maximum atomic E-state index is 11.1. The molecule has 0 N–H and O–H groups in total. The van der Waals surface area contributed by atoms with Gasteiger partial charge in [-0.1, -0.05) is 0 Å². The van der Waals surface area contributed by atoms with Crippen LogP contribution in [0.5, 0.6) is 0 Å². The minimum Gasteiger partial charge on any atom is -0.472 e. The zero-order chi connectivity index (χ0) is 9.14. The number of methoxy groups -OCH3 is 1. The quantitative estimate of drug-likeness (QED) is 0.633. The Kier molecular flexibility index (Phi) is 2.53. The Morgan fingerprint density at radius 1 is 1.58 bits per heavy atom. The molecule has 0 aromatic carbocycles. The predicted octanol–water partition coefficient (Wildman–Crippen LogP) is 1.86. The standard InChI is InChI=1S/C9H12O3/c1-6-4-12-5-8(6)7(2)9(10)11-3/h4-5,7H,1-3H3.